The van der Waals surface area contributed by atoms with E-state index in [4.69, 9.17) is 4.74 Å². The Hall–Kier alpha value is -0.840. The van der Waals surface area contributed by atoms with Gasteiger partial charge in [-0.25, -0.2) is 0 Å². The molecule has 1 aromatic heterocycles. The molecule has 0 spiro atoms. The highest BCUT2D eigenvalue weighted by Gasteiger charge is 2.35. The van der Waals surface area contributed by atoms with Gasteiger partial charge >= 0.3 is 0 Å². The molecule has 2 rings (SSSR count). The number of aliphatic hydroxyl groups excluding tert-OH is 2. The van der Waals surface area contributed by atoms with Gasteiger partial charge in [-0.2, -0.15) is 0 Å². The molecule has 66 valence electrons. The van der Waals surface area contributed by atoms with Crippen molar-refractivity contribution in [2.45, 2.75) is 18.3 Å². The van der Waals surface area contributed by atoms with Crippen molar-refractivity contribution in [2.75, 3.05) is 6.61 Å². The molecule has 1 aliphatic rings. The van der Waals surface area contributed by atoms with Crippen LogP contribution in [0.15, 0.2) is 18.3 Å². The van der Waals surface area contributed by atoms with Gasteiger partial charge in [-0.3, -0.25) is 0 Å². The van der Waals surface area contributed by atoms with Gasteiger partial charge in [0.25, 0.3) is 0 Å². The van der Waals surface area contributed by atoms with Gasteiger partial charge in [-0.15, -0.1) is 0 Å². The molecule has 4 heteroatoms. The van der Waals surface area contributed by atoms with Crippen LogP contribution in [0.2, 0.25) is 0 Å². The zero-order valence-corrected chi connectivity index (χ0v) is 6.47. The van der Waals surface area contributed by atoms with Crippen molar-refractivity contribution in [2.24, 2.45) is 0 Å². The third kappa shape index (κ3) is 1.14. The molecule has 1 unspecified atom stereocenters. The molecule has 2 heterocycles. The summed E-state index contributed by atoms with van der Waals surface area (Å²) in [5.41, 5.74) is 0.805. The number of H-pyrrole nitrogens is 1. The Kier molecular flexibility index (Phi) is 1.88. The second-order valence-electron chi connectivity index (χ2n) is 2.94. The molecule has 0 amide bonds. The van der Waals surface area contributed by atoms with Crippen LogP contribution in [0.25, 0.3) is 0 Å². The summed E-state index contributed by atoms with van der Waals surface area (Å²) in [5, 5.41) is 18.6. The van der Waals surface area contributed by atoms with Crippen LogP contribution in [-0.2, 0) is 4.74 Å². The minimum atomic E-state index is -0.816. The van der Waals surface area contributed by atoms with Crippen LogP contribution in [0.5, 0.6) is 0 Å². The van der Waals surface area contributed by atoms with E-state index in [9.17, 15) is 10.2 Å². The number of aromatic nitrogens is 1. The summed E-state index contributed by atoms with van der Waals surface area (Å²) in [6, 6.07) is 3.65. The topological polar surface area (TPSA) is 65.5 Å². The molecule has 0 bridgehead atoms. The van der Waals surface area contributed by atoms with Gasteiger partial charge in [-0.05, 0) is 12.1 Å². The van der Waals surface area contributed by atoms with Crippen LogP contribution in [0.3, 0.4) is 0 Å². The second kappa shape index (κ2) is 2.90. The molecule has 3 N–H and O–H groups in total. The van der Waals surface area contributed by atoms with Gasteiger partial charge in [0.05, 0.1) is 6.61 Å². The lowest BCUT2D eigenvalue weighted by atomic mass is 10.1. The lowest BCUT2D eigenvalue weighted by Crippen LogP contribution is -2.25. The largest absolute Gasteiger partial charge is 0.388 e. The van der Waals surface area contributed by atoms with Gasteiger partial charge in [-0.1, -0.05) is 0 Å². The fraction of sp³-hybridized carbons (Fsp3) is 0.500. The Morgan fingerprint density at radius 1 is 1.50 bits per heavy atom. The molecule has 4 nitrogen and oxygen atoms in total. The fourth-order valence-corrected chi connectivity index (χ4v) is 1.40. The van der Waals surface area contributed by atoms with E-state index in [2.05, 4.69) is 4.98 Å². The van der Waals surface area contributed by atoms with Crippen LogP contribution in [-0.4, -0.2) is 34.0 Å². The van der Waals surface area contributed by atoms with Crippen molar-refractivity contribution in [3.05, 3.63) is 24.0 Å². The molecule has 1 fully saturated rings. The number of aliphatic hydroxyl groups is 2. The van der Waals surface area contributed by atoms with E-state index in [0.717, 1.165) is 5.69 Å². The quantitative estimate of drug-likeness (QED) is 0.545. The zero-order valence-electron chi connectivity index (χ0n) is 6.47. The van der Waals surface area contributed by atoms with Crippen molar-refractivity contribution >= 4 is 0 Å². The molecule has 0 radical (unpaired) electrons. The highest BCUT2D eigenvalue weighted by atomic mass is 16.5. The number of ether oxygens (including phenoxy) is 1. The number of nitrogens with one attached hydrogen (secondary N) is 1. The predicted octanol–water partition coefficient (Wildman–Crippen LogP) is -0.192. The highest BCUT2D eigenvalue weighted by molar-refractivity contribution is 5.11. The fourth-order valence-electron chi connectivity index (χ4n) is 1.40. The smallest absolute Gasteiger partial charge is 0.126 e. The summed E-state index contributed by atoms with van der Waals surface area (Å²) in [4.78, 5) is 2.93. The lowest BCUT2D eigenvalue weighted by molar-refractivity contribution is 0.0207. The van der Waals surface area contributed by atoms with E-state index in [1.165, 1.54) is 0 Å². The Labute approximate surface area is 69.8 Å². The first-order valence-electron chi connectivity index (χ1n) is 3.90. The number of aromatic amines is 1. The van der Waals surface area contributed by atoms with Crippen LogP contribution < -0.4 is 0 Å². The highest BCUT2D eigenvalue weighted by Crippen LogP contribution is 2.27. The first kappa shape index (κ1) is 7.79. The van der Waals surface area contributed by atoms with E-state index in [-0.39, 0.29) is 6.61 Å². The molecule has 3 atom stereocenters. The van der Waals surface area contributed by atoms with Gasteiger partial charge < -0.3 is 19.9 Å². The van der Waals surface area contributed by atoms with Gasteiger partial charge in [0.1, 0.15) is 18.3 Å². The van der Waals surface area contributed by atoms with Gasteiger partial charge in [0.15, 0.2) is 0 Å². The normalized spacial score (nSPS) is 35.7. The summed E-state index contributed by atoms with van der Waals surface area (Å²) in [6.07, 6.45) is -0.229. The van der Waals surface area contributed by atoms with Crippen molar-refractivity contribution in [1.29, 1.82) is 0 Å². The van der Waals surface area contributed by atoms with Crippen molar-refractivity contribution < 1.29 is 14.9 Å². The Balaban J connectivity index is 2.16. The van der Waals surface area contributed by atoms with Crippen LogP contribution in [0.4, 0.5) is 0 Å². The minimum Gasteiger partial charge on any atom is -0.388 e. The summed E-state index contributed by atoms with van der Waals surface area (Å²) in [5.74, 6) is 0. The molecule has 0 saturated carbocycles. The molecule has 12 heavy (non-hydrogen) atoms. The van der Waals surface area contributed by atoms with Crippen LogP contribution >= 0.6 is 0 Å². The van der Waals surface area contributed by atoms with Crippen LogP contribution in [0.1, 0.15) is 11.8 Å². The van der Waals surface area contributed by atoms with E-state index < -0.39 is 18.3 Å². The number of rotatable bonds is 1. The molecular weight excluding hydrogens is 158 g/mol. The van der Waals surface area contributed by atoms with Gasteiger partial charge in [0, 0.05) is 11.9 Å². The van der Waals surface area contributed by atoms with Gasteiger partial charge in [0.2, 0.25) is 0 Å². The van der Waals surface area contributed by atoms with Crippen molar-refractivity contribution in [1.82, 2.24) is 4.98 Å². The molecule has 0 aliphatic carbocycles. The Morgan fingerprint density at radius 3 is 2.83 bits per heavy atom. The zero-order chi connectivity index (χ0) is 8.55. The van der Waals surface area contributed by atoms with E-state index in [1.54, 1.807) is 6.20 Å². The van der Waals surface area contributed by atoms with E-state index in [1.807, 2.05) is 12.1 Å². The first-order valence-corrected chi connectivity index (χ1v) is 3.90. The average molecular weight is 169 g/mol. The first-order chi connectivity index (χ1) is 5.79. The van der Waals surface area contributed by atoms with E-state index >= 15 is 0 Å². The second-order valence-corrected chi connectivity index (χ2v) is 2.94. The Bertz CT molecular complexity index is 247. The Morgan fingerprint density at radius 2 is 2.33 bits per heavy atom. The maximum absolute atomic E-state index is 9.43. The summed E-state index contributed by atoms with van der Waals surface area (Å²) in [7, 11) is 0. The maximum atomic E-state index is 9.43. The molecule has 1 aliphatic heterocycles. The summed E-state index contributed by atoms with van der Waals surface area (Å²) in [6.45, 7) is 0.199. The molecule has 0 aromatic carbocycles. The lowest BCUT2D eigenvalue weighted by Gasteiger charge is -2.12. The third-order valence-corrected chi connectivity index (χ3v) is 2.08. The average Bonchev–Trinajstić information content (AvgIpc) is 2.64. The van der Waals surface area contributed by atoms with Crippen molar-refractivity contribution in [3.63, 3.8) is 0 Å². The maximum Gasteiger partial charge on any atom is 0.126 e. The molecule has 1 aromatic rings. The standard InChI is InChI=1S/C8H11NO3/c10-6-4-12-8(7(6)11)5-2-1-3-9-5/h1-3,6-11H,4H2/t6-,7-,8?/m1/s1. The predicted molar refractivity (Wildman–Crippen MR) is 41.5 cm³/mol. The summed E-state index contributed by atoms with van der Waals surface area (Å²) < 4.78 is 5.19. The molecule has 1 saturated heterocycles. The SMILES string of the molecule is O[C@@H]1COC(c2ccc[nH]2)[C@@H]1O. The monoisotopic (exact) mass is 169 g/mol. The number of hydrogen-bond acceptors (Lipinski definition) is 3. The number of hydrogen-bond donors (Lipinski definition) is 3. The molecular formula is C8H11NO3. The third-order valence-electron chi connectivity index (χ3n) is 2.08. The summed E-state index contributed by atoms with van der Waals surface area (Å²) >= 11 is 0. The minimum absolute atomic E-state index is 0.199. The van der Waals surface area contributed by atoms with Crippen LogP contribution in [0, 0.1) is 0 Å². The van der Waals surface area contributed by atoms with Crippen molar-refractivity contribution in [3.8, 4) is 0 Å². The van der Waals surface area contributed by atoms with E-state index in [0.29, 0.717) is 0 Å².